The fraction of sp³-hybridized carbons (Fsp3) is 0.875. The van der Waals surface area contributed by atoms with Crippen LogP contribution in [0, 0.1) is 5.69 Å². The maximum Gasteiger partial charge on any atom is 0.322 e. The van der Waals surface area contributed by atoms with Crippen molar-refractivity contribution in [3.8, 4) is 5.69 Å². The van der Waals surface area contributed by atoms with Gasteiger partial charge in [-0.05, 0) is 58.6 Å². The molecule has 0 bridgehead atoms. The Morgan fingerprint density at radius 3 is 2.22 bits per heavy atom. The first-order chi connectivity index (χ1) is 10.3. The summed E-state index contributed by atoms with van der Waals surface area (Å²) >= 11 is 3.26. The molecule has 0 aliphatic carbocycles. The minimum absolute atomic E-state index is 0.195. The van der Waals surface area contributed by atoms with Crippen LogP contribution in [0.5, 0.6) is 0 Å². The third-order valence-corrected chi connectivity index (χ3v) is 8.83. The quantitative estimate of drug-likeness (QED) is 0.244. The molecule has 0 aromatic rings. The molecule has 0 amide bonds. The molecule has 1 atom stereocenters. The lowest BCUT2D eigenvalue weighted by atomic mass is 10.2. The molecule has 0 rings (SSSR count). The van der Waals surface area contributed by atoms with E-state index < -0.39 is 24.9 Å². The van der Waals surface area contributed by atoms with Crippen LogP contribution in [-0.4, -0.2) is 59.6 Å². The monoisotopic (exact) mass is 432 g/mol. The van der Waals surface area contributed by atoms with Gasteiger partial charge in [0.15, 0.2) is 0 Å². The maximum absolute atomic E-state index is 11.5. The first kappa shape index (κ1) is 23.4. The first-order valence-electron chi connectivity index (χ1n) is 7.61. The van der Waals surface area contributed by atoms with Gasteiger partial charge >= 0.3 is 5.97 Å². The van der Waals surface area contributed by atoms with Crippen molar-refractivity contribution in [3.63, 3.8) is 0 Å². The van der Waals surface area contributed by atoms with Gasteiger partial charge in [0, 0.05) is 6.61 Å². The molecular formula is C16H33BrO4S2. The second-order valence-corrected chi connectivity index (χ2v) is 14.6. The summed E-state index contributed by atoms with van der Waals surface area (Å²) in [6.45, 7) is 9.13. The number of alkyl halides is 1. The largest absolute Gasteiger partial charge is 0.462 e. The summed E-state index contributed by atoms with van der Waals surface area (Å²) in [4.78, 5) is 11.3. The number of esters is 1. The molecule has 0 fully saturated rings. The number of hydrogen-bond donors (Lipinski definition) is 1. The topological polar surface area (TPSA) is 44.8 Å². The fourth-order valence-electron chi connectivity index (χ4n) is 1.68. The number of ether oxygens (including phenoxy) is 2. The molecule has 1 unspecified atom stereocenters. The van der Waals surface area contributed by atoms with E-state index in [4.69, 9.17) is 19.3 Å². The highest BCUT2D eigenvalue weighted by molar-refractivity contribution is 9.10. The van der Waals surface area contributed by atoms with Gasteiger partial charge in [-0.15, -0.1) is 5.69 Å². The summed E-state index contributed by atoms with van der Waals surface area (Å²) in [5, 5.41) is 0. The summed E-state index contributed by atoms with van der Waals surface area (Å²) in [6, 6.07) is 0. The maximum atomic E-state index is 11.5. The van der Waals surface area contributed by atoms with Crippen molar-refractivity contribution >= 4 is 42.5 Å². The van der Waals surface area contributed by atoms with Gasteiger partial charge in [-0.1, -0.05) is 26.5 Å². The molecule has 0 N–H and O–H groups in total. The standard InChI is InChI=1S/C16H33BrO4S2/c1-15(2,17)14(18)20-12-11-19-10-9-13-23(7,8)16(3,4)21-22(5)6/h5,22H,9-13H2,1-4,6-8H3. The molecule has 0 saturated carbocycles. The SMILES string of the molecule is C#[SH](C)OC(C)(C)S(C)(C)CCCOCCOC(=O)C(C)(C)Br. The van der Waals surface area contributed by atoms with Gasteiger partial charge in [-0.3, -0.25) is 4.79 Å². The summed E-state index contributed by atoms with van der Waals surface area (Å²) < 4.78 is 15.9. The highest BCUT2D eigenvalue weighted by Gasteiger charge is 2.33. The van der Waals surface area contributed by atoms with Gasteiger partial charge < -0.3 is 13.7 Å². The van der Waals surface area contributed by atoms with Crippen molar-refractivity contribution in [1.82, 2.24) is 0 Å². The van der Waals surface area contributed by atoms with Gasteiger partial charge in [0.2, 0.25) is 0 Å². The average molecular weight is 433 g/mol. The fourth-order valence-corrected chi connectivity index (χ4v) is 4.98. The van der Waals surface area contributed by atoms with Crippen LogP contribution in [0.4, 0.5) is 0 Å². The number of rotatable bonds is 10. The molecule has 7 heteroatoms. The van der Waals surface area contributed by atoms with Crippen LogP contribution < -0.4 is 0 Å². The number of hydrogen-bond acceptors (Lipinski definition) is 4. The minimum atomic E-state index is -0.938. The van der Waals surface area contributed by atoms with Crippen molar-refractivity contribution in [2.24, 2.45) is 0 Å². The zero-order valence-corrected chi connectivity index (χ0v) is 18.8. The van der Waals surface area contributed by atoms with Crippen molar-refractivity contribution < 1.29 is 18.5 Å². The second kappa shape index (κ2) is 9.73. The van der Waals surface area contributed by atoms with Gasteiger partial charge in [0.25, 0.3) is 0 Å². The number of thiol groups is 1. The van der Waals surface area contributed by atoms with Crippen molar-refractivity contribution in [3.05, 3.63) is 0 Å². The highest BCUT2D eigenvalue weighted by atomic mass is 79.9. The van der Waals surface area contributed by atoms with E-state index >= 15 is 0 Å². The highest BCUT2D eigenvalue weighted by Crippen LogP contribution is 2.55. The Hall–Kier alpha value is 0.350. The second-order valence-electron chi connectivity index (χ2n) is 6.85. The minimum Gasteiger partial charge on any atom is -0.462 e. The van der Waals surface area contributed by atoms with E-state index in [1.54, 1.807) is 13.8 Å². The molecule has 0 aliphatic rings. The lowest BCUT2D eigenvalue weighted by Gasteiger charge is -2.46. The van der Waals surface area contributed by atoms with Crippen LogP contribution in [0.2, 0.25) is 0 Å². The lowest BCUT2D eigenvalue weighted by Crippen LogP contribution is -2.31. The summed E-state index contributed by atoms with van der Waals surface area (Å²) in [7, 11) is -1.80. The van der Waals surface area contributed by atoms with Crippen LogP contribution >= 0.6 is 36.5 Å². The number of halogens is 1. The molecule has 0 aromatic carbocycles. The predicted octanol–water partition coefficient (Wildman–Crippen LogP) is 4.06. The van der Waals surface area contributed by atoms with Crippen molar-refractivity contribution in [2.45, 2.75) is 43.4 Å². The van der Waals surface area contributed by atoms with Crippen LogP contribution in [-0.2, 0) is 18.5 Å². The Morgan fingerprint density at radius 1 is 1.17 bits per heavy atom. The van der Waals surface area contributed by atoms with Crippen LogP contribution in [0.15, 0.2) is 0 Å². The molecule has 4 nitrogen and oxygen atoms in total. The first-order valence-corrected chi connectivity index (χ1v) is 12.8. The van der Waals surface area contributed by atoms with Crippen LogP contribution in [0.3, 0.4) is 0 Å². The van der Waals surface area contributed by atoms with Gasteiger partial charge in [-0.2, -0.15) is 0 Å². The molecular weight excluding hydrogens is 400 g/mol. The molecule has 140 valence electrons. The van der Waals surface area contributed by atoms with Crippen LogP contribution in [0.25, 0.3) is 0 Å². The molecule has 0 spiro atoms. The zero-order chi connectivity index (χ0) is 18.3. The Labute approximate surface area is 154 Å². The van der Waals surface area contributed by atoms with E-state index in [1.807, 2.05) is 6.26 Å². The summed E-state index contributed by atoms with van der Waals surface area (Å²) in [5.74, 6) is 0.778. The molecule has 0 saturated heterocycles. The molecule has 0 heterocycles. The zero-order valence-electron chi connectivity index (χ0n) is 15.5. The summed E-state index contributed by atoms with van der Waals surface area (Å²) in [5.41, 5.74) is 5.83. The molecule has 0 aliphatic heterocycles. The lowest BCUT2D eigenvalue weighted by molar-refractivity contribution is -0.146. The molecule has 0 aromatic heterocycles. The third kappa shape index (κ3) is 9.42. The van der Waals surface area contributed by atoms with E-state index in [-0.39, 0.29) is 17.5 Å². The van der Waals surface area contributed by atoms with Crippen LogP contribution in [0.1, 0.15) is 34.1 Å². The van der Waals surface area contributed by atoms with Crippen molar-refractivity contribution in [2.75, 3.05) is 44.3 Å². The Bertz CT molecular complexity index is 447. The van der Waals surface area contributed by atoms with E-state index in [0.717, 1.165) is 12.2 Å². The van der Waals surface area contributed by atoms with Gasteiger partial charge in [0.05, 0.1) is 6.61 Å². The van der Waals surface area contributed by atoms with Crippen molar-refractivity contribution in [1.29, 1.82) is 0 Å². The number of carbonyl (C=O) groups is 1. The normalized spacial score (nSPS) is 15.3. The van der Waals surface area contributed by atoms with E-state index in [2.05, 4.69) is 42.3 Å². The van der Waals surface area contributed by atoms with E-state index in [0.29, 0.717) is 13.2 Å². The number of carbonyl (C=O) groups excluding carboxylic acids is 1. The smallest absolute Gasteiger partial charge is 0.322 e. The Kier molecular flexibility index (Phi) is 9.88. The Balaban J connectivity index is 3.96. The van der Waals surface area contributed by atoms with Gasteiger partial charge in [0.1, 0.15) is 15.9 Å². The molecule has 23 heavy (non-hydrogen) atoms. The summed E-state index contributed by atoms with van der Waals surface area (Å²) in [6.07, 6.45) is 7.42. The van der Waals surface area contributed by atoms with E-state index in [9.17, 15) is 4.79 Å². The third-order valence-electron chi connectivity index (χ3n) is 3.58. The van der Waals surface area contributed by atoms with Gasteiger partial charge in [-0.25, -0.2) is 10.0 Å². The van der Waals surface area contributed by atoms with E-state index in [1.165, 1.54) is 0 Å². The Morgan fingerprint density at radius 2 is 1.74 bits per heavy atom. The average Bonchev–Trinajstić information content (AvgIpc) is 2.34. The molecule has 0 radical (unpaired) electrons. The predicted molar refractivity (Wildman–Crippen MR) is 109 cm³/mol.